The second kappa shape index (κ2) is 5.06. The number of nitrogens with two attached hydrogens (primary N) is 1. The molecule has 2 rings (SSSR count). The SMILES string of the molecule is COCc1cc(NN)c2c(Cl)ccc(Cl)c2n1. The molecule has 1 aromatic carbocycles. The van der Waals surface area contributed by atoms with Gasteiger partial charge in [0.1, 0.15) is 0 Å². The molecular formula is C11H11Cl2N3O. The maximum absolute atomic E-state index is 6.12. The molecule has 4 nitrogen and oxygen atoms in total. The summed E-state index contributed by atoms with van der Waals surface area (Å²) in [6, 6.07) is 5.20. The maximum atomic E-state index is 6.12. The number of aromatic nitrogens is 1. The zero-order valence-corrected chi connectivity index (χ0v) is 10.6. The van der Waals surface area contributed by atoms with Crippen LogP contribution in [0.5, 0.6) is 0 Å². The molecule has 2 aromatic rings. The third-order valence-corrected chi connectivity index (χ3v) is 2.98. The molecule has 0 aliphatic rings. The van der Waals surface area contributed by atoms with E-state index in [-0.39, 0.29) is 0 Å². The van der Waals surface area contributed by atoms with Crippen molar-refractivity contribution in [3.63, 3.8) is 0 Å². The van der Waals surface area contributed by atoms with Gasteiger partial charge in [0, 0.05) is 12.5 Å². The third kappa shape index (κ3) is 2.30. The topological polar surface area (TPSA) is 60.2 Å². The molecule has 0 saturated heterocycles. The first-order valence-corrected chi connectivity index (χ1v) is 5.66. The number of halogens is 2. The van der Waals surface area contributed by atoms with Crippen molar-refractivity contribution in [2.75, 3.05) is 12.5 Å². The van der Waals surface area contributed by atoms with E-state index in [1.165, 1.54) is 0 Å². The second-order valence-electron chi connectivity index (χ2n) is 3.49. The number of hydrazine groups is 1. The summed E-state index contributed by atoms with van der Waals surface area (Å²) in [4.78, 5) is 4.40. The average Bonchev–Trinajstić information content (AvgIpc) is 2.33. The summed E-state index contributed by atoms with van der Waals surface area (Å²) in [5.41, 5.74) is 4.62. The summed E-state index contributed by atoms with van der Waals surface area (Å²) < 4.78 is 5.04. The normalized spacial score (nSPS) is 10.8. The van der Waals surface area contributed by atoms with E-state index in [4.69, 9.17) is 33.8 Å². The molecule has 6 heteroatoms. The van der Waals surface area contributed by atoms with Crippen LogP contribution in [0, 0.1) is 0 Å². The van der Waals surface area contributed by atoms with Crippen molar-refractivity contribution in [2.45, 2.75) is 6.61 Å². The van der Waals surface area contributed by atoms with Gasteiger partial charge in [0.2, 0.25) is 0 Å². The summed E-state index contributed by atoms with van der Waals surface area (Å²) in [5.74, 6) is 5.48. The number of pyridine rings is 1. The number of fused-ring (bicyclic) bond motifs is 1. The molecule has 0 amide bonds. The average molecular weight is 272 g/mol. The number of hydrogen-bond acceptors (Lipinski definition) is 4. The Kier molecular flexibility index (Phi) is 3.69. The van der Waals surface area contributed by atoms with Crippen LogP contribution in [0.2, 0.25) is 10.0 Å². The van der Waals surface area contributed by atoms with Gasteiger partial charge in [0.15, 0.2) is 0 Å². The van der Waals surface area contributed by atoms with Crippen molar-refractivity contribution >= 4 is 39.8 Å². The molecule has 1 aromatic heterocycles. The number of nitrogens with zero attached hydrogens (tertiary/aromatic N) is 1. The fourth-order valence-electron chi connectivity index (χ4n) is 1.66. The van der Waals surface area contributed by atoms with Crippen molar-refractivity contribution in [3.8, 4) is 0 Å². The van der Waals surface area contributed by atoms with Crippen molar-refractivity contribution in [1.82, 2.24) is 4.98 Å². The van der Waals surface area contributed by atoms with E-state index in [1.807, 2.05) is 0 Å². The zero-order chi connectivity index (χ0) is 12.4. The first kappa shape index (κ1) is 12.4. The Morgan fingerprint density at radius 1 is 1.35 bits per heavy atom. The van der Waals surface area contributed by atoms with Crippen LogP contribution in [-0.4, -0.2) is 12.1 Å². The van der Waals surface area contributed by atoms with Gasteiger partial charge in [-0.3, -0.25) is 5.84 Å². The van der Waals surface area contributed by atoms with Crippen LogP contribution in [0.4, 0.5) is 5.69 Å². The molecule has 0 spiro atoms. The van der Waals surface area contributed by atoms with Gasteiger partial charge < -0.3 is 10.2 Å². The van der Waals surface area contributed by atoms with Crippen LogP contribution >= 0.6 is 23.2 Å². The largest absolute Gasteiger partial charge is 0.378 e. The van der Waals surface area contributed by atoms with Crippen molar-refractivity contribution in [1.29, 1.82) is 0 Å². The van der Waals surface area contributed by atoms with Gasteiger partial charge in [-0.25, -0.2) is 4.98 Å². The molecule has 3 N–H and O–H groups in total. The van der Waals surface area contributed by atoms with Crippen molar-refractivity contribution in [2.24, 2.45) is 5.84 Å². The molecule has 0 aliphatic carbocycles. The fraction of sp³-hybridized carbons (Fsp3) is 0.182. The van der Waals surface area contributed by atoms with E-state index < -0.39 is 0 Å². The highest BCUT2D eigenvalue weighted by atomic mass is 35.5. The monoisotopic (exact) mass is 271 g/mol. The molecule has 0 fully saturated rings. The highest BCUT2D eigenvalue weighted by Crippen LogP contribution is 2.34. The van der Waals surface area contributed by atoms with Crippen LogP contribution in [0.15, 0.2) is 18.2 Å². The van der Waals surface area contributed by atoms with E-state index in [0.29, 0.717) is 33.2 Å². The van der Waals surface area contributed by atoms with Gasteiger partial charge in [-0.1, -0.05) is 23.2 Å². The van der Waals surface area contributed by atoms with E-state index in [9.17, 15) is 0 Å². The molecule has 17 heavy (non-hydrogen) atoms. The quantitative estimate of drug-likeness (QED) is 0.666. The number of nitrogen functional groups attached to an aromatic ring is 1. The lowest BCUT2D eigenvalue weighted by molar-refractivity contribution is 0.182. The predicted molar refractivity (Wildman–Crippen MR) is 70.3 cm³/mol. The van der Waals surface area contributed by atoms with E-state index in [1.54, 1.807) is 25.3 Å². The molecule has 0 unspecified atom stereocenters. The zero-order valence-electron chi connectivity index (χ0n) is 9.13. The Hall–Kier alpha value is -1.07. The van der Waals surface area contributed by atoms with E-state index >= 15 is 0 Å². The lowest BCUT2D eigenvalue weighted by Crippen LogP contribution is -2.09. The van der Waals surface area contributed by atoms with Crippen molar-refractivity contribution < 1.29 is 4.74 Å². The summed E-state index contributed by atoms with van der Waals surface area (Å²) in [7, 11) is 1.60. The predicted octanol–water partition coefficient (Wildman–Crippen LogP) is 2.97. The maximum Gasteiger partial charge on any atom is 0.0928 e. The van der Waals surface area contributed by atoms with Crippen LogP contribution in [0.25, 0.3) is 10.9 Å². The van der Waals surface area contributed by atoms with Gasteiger partial charge >= 0.3 is 0 Å². The second-order valence-corrected chi connectivity index (χ2v) is 4.31. The van der Waals surface area contributed by atoms with Crippen LogP contribution < -0.4 is 11.3 Å². The van der Waals surface area contributed by atoms with E-state index in [0.717, 1.165) is 5.69 Å². The van der Waals surface area contributed by atoms with E-state index in [2.05, 4.69) is 10.4 Å². The molecule has 0 saturated carbocycles. The number of rotatable bonds is 3. The number of nitrogens with one attached hydrogen (secondary N) is 1. The van der Waals surface area contributed by atoms with Gasteiger partial charge in [-0.05, 0) is 18.2 Å². The number of anilines is 1. The highest BCUT2D eigenvalue weighted by molar-refractivity contribution is 6.40. The number of benzene rings is 1. The first-order chi connectivity index (χ1) is 8.17. The first-order valence-electron chi connectivity index (χ1n) is 4.90. The highest BCUT2D eigenvalue weighted by Gasteiger charge is 2.11. The Labute approximate surface area is 109 Å². The Morgan fingerprint density at radius 3 is 2.71 bits per heavy atom. The summed E-state index contributed by atoms with van der Waals surface area (Å²) in [6.07, 6.45) is 0. The number of hydrogen-bond donors (Lipinski definition) is 2. The Bertz CT molecular complexity index is 560. The van der Waals surface area contributed by atoms with Gasteiger partial charge in [0.25, 0.3) is 0 Å². The molecule has 1 heterocycles. The Morgan fingerprint density at radius 2 is 2.06 bits per heavy atom. The summed E-state index contributed by atoms with van der Waals surface area (Å²) in [5, 5.41) is 1.79. The number of methoxy groups -OCH3 is 1. The standard InChI is InChI=1S/C11H11Cl2N3O/c1-17-5-6-4-9(16-14)10-7(12)2-3-8(13)11(10)15-6/h2-4H,5,14H2,1H3,(H,15,16). The van der Waals surface area contributed by atoms with Crippen LogP contribution in [0.1, 0.15) is 5.69 Å². The molecule has 0 atom stereocenters. The summed E-state index contributed by atoms with van der Waals surface area (Å²) >= 11 is 12.2. The van der Waals surface area contributed by atoms with Crippen LogP contribution in [-0.2, 0) is 11.3 Å². The lowest BCUT2D eigenvalue weighted by Gasteiger charge is -2.11. The smallest absolute Gasteiger partial charge is 0.0928 e. The van der Waals surface area contributed by atoms with Gasteiger partial charge in [-0.2, -0.15) is 0 Å². The number of ether oxygens (including phenoxy) is 1. The van der Waals surface area contributed by atoms with Crippen molar-refractivity contribution in [3.05, 3.63) is 33.9 Å². The van der Waals surface area contributed by atoms with Gasteiger partial charge in [-0.15, -0.1) is 0 Å². The minimum atomic E-state index is 0.382. The minimum absolute atomic E-state index is 0.382. The van der Waals surface area contributed by atoms with Crippen LogP contribution in [0.3, 0.4) is 0 Å². The molecule has 0 aliphatic heterocycles. The molecule has 0 bridgehead atoms. The molecule has 0 radical (unpaired) electrons. The minimum Gasteiger partial charge on any atom is -0.378 e. The summed E-state index contributed by atoms with van der Waals surface area (Å²) in [6.45, 7) is 0.382. The van der Waals surface area contributed by atoms with Gasteiger partial charge in [0.05, 0.1) is 33.6 Å². The fourth-order valence-corrected chi connectivity index (χ4v) is 2.11. The molecular weight excluding hydrogens is 261 g/mol. The lowest BCUT2D eigenvalue weighted by atomic mass is 10.1. The molecule has 90 valence electrons. The third-order valence-electron chi connectivity index (χ3n) is 2.36. The Balaban J connectivity index is 2.77.